The molecule has 3 aromatic rings. The number of carbonyl (C=O) groups excluding carboxylic acids is 1. The lowest BCUT2D eigenvalue weighted by Crippen LogP contribution is -2.01. The van der Waals surface area contributed by atoms with E-state index < -0.39 is 5.97 Å². The highest BCUT2D eigenvalue weighted by Gasteiger charge is 2.08. The Balaban J connectivity index is 2.15. The normalized spacial score (nSPS) is 10.8. The summed E-state index contributed by atoms with van der Waals surface area (Å²) in [4.78, 5) is 20.5. The molecule has 0 aliphatic carbocycles. The van der Waals surface area contributed by atoms with Crippen molar-refractivity contribution in [3.05, 3.63) is 60.2 Å². The van der Waals surface area contributed by atoms with E-state index in [0.717, 1.165) is 27.1 Å². The van der Waals surface area contributed by atoms with E-state index in [9.17, 15) is 4.79 Å². The predicted molar refractivity (Wildman–Crippen MR) is 78.0 cm³/mol. The van der Waals surface area contributed by atoms with Gasteiger partial charge in [0.1, 0.15) is 6.61 Å². The van der Waals surface area contributed by atoms with E-state index in [-0.39, 0.29) is 6.61 Å². The van der Waals surface area contributed by atoms with E-state index in [4.69, 9.17) is 4.89 Å². The van der Waals surface area contributed by atoms with Gasteiger partial charge in [0.2, 0.25) is 0 Å². The van der Waals surface area contributed by atoms with Crippen LogP contribution < -0.4 is 0 Å². The van der Waals surface area contributed by atoms with Crippen LogP contribution in [0.1, 0.15) is 12.5 Å². The van der Waals surface area contributed by atoms with Gasteiger partial charge in [-0.15, -0.1) is 0 Å². The highest BCUT2D eigenvalue weighted by atomic mass is 17.2. The predicted octanol–water partition coefficient (Wildman–Crippen LogP) is 3.99. The molecule has 0 saturated carbocycles. The highest BCUT2D eigenvalue weighted by Crippen LogP contribution is 2.28. The van der Waals surface area contributed by atoms with Crippen LogP contribution >= 0.6 is 0 Å². The average molecular weight is 266 g/mol. The molecule has 3 rings (SSSR count). The minimum absolute atomic E-state index is 0.238. The van der Waals surface area contributed by atoms with Crippen LogP contribution in [0, 0.1) is 0 Å². The van der Waals surface area contributed by atoms with Gasteiger partial charge in [-0.25, -0.2) is 4.79 Å². The summed E-state index contributed by atoms with van der Waals surface area (Å²) in [6.07, 6.45) is 0. The van der Waals surface area contributed by atoms with Crippen molar-refractivity contribution in [1.29, 1.82) is 0 Å². The molecule has 3 nitrogen and oxygen atoms in total. The second-order valence-corrected chi connectivity index (χ2v) is 4.63. The second-order valence-electron chi connectivity index (χ2n) is 4.63. The molecule has 0 spiro atoms. The van der Waals surface area contributed by atoms with E-state index in [2.05, 4.69) is 23.1 Å². The second kappa shape index (κ2) is 5.31. The minimum Gasteiger partial charge on any atom is -0.298 e. The summed E-state index contributed by atoms with van der Waals surface area (Å²) in [5, 5.41) is 4.51. The van der Waals surface area contributed by atoms with Crippen molar-refractivity contribution in [2.45, 2.75) is 13.5 Å². The third kappa shape index (κ3) is 2.36. The molecule has 0 bridgehead atoms. The maximum atomic E-state index is 10.8. The van der Waals surface area contributed by atoms with Gasteiger partial charge < -0.3 is 0 Å². The molecule has 20 heavy (non-hydrogen) atoms. The first-order valence-corrected chi connectivity index (χ1v) is 6.45. The molecule has 0 amide bonds. The van der Waals surface area contributed by atoms with Crippen molar-refractivity contribution < 1.29 is 14.6 Å². The first kappa shape index (κ1) is 12.6. The Kier molecular flexibility index (Phi) is 3.35. The molecular formula is C17H14O3. The van der Waals surface area contributed by atoms with Gasteiger partial charge in [-0.3, -0.25) is 4.89 Å². The number of benzene rings is 3. The lowest BCUT2D eigenvalue weighted by atomic mass is 9.97. The van der Waals surface area contributed by atoms with Gasteiger partial charge in [-0.2, -0.15) is 4.89 Å². The molecule has 0 aliphatic heterocycles. The van der Waals surface area contributed by atoms with Crippen LogP contribution in [0.2, 0.25) is 0 Å². The SMILES string of the molecule is CC(=O)OOCc1c2ccccc2cc2ccccc12. The molecule has 0 unspecified atom stereocenters. The number of carbonyl (C=O) groups is 1. The zero-order valence-corrected chi connectivity index (χ0v) is 11.1. The fraction of sp³-hybridized carbons (Fsp3) is 0.118. The molecule has 0 aliphatic rings. The molecule has 0 radical (unpaired) electrons. The first-order valence-electron chi connectivity index (χ1n) is 6.45. The third-order valence-corrected chi connectivity index (χ3v) is 3.26. The van der Waals surface area contributed by atoms with E-state index in [1.807, 2.05) is 36.4 Å². The number of rotatable bonds is 3. The van der Waals surface area contributed by atoms with E-state index in [1.165, 1.54) is 6.92 Å². The number of hydrogen-bond acceptors (Lipinski definition) is 3. The summed E-state index contributed by atoms with van der Waals surface area (Å²) < 4.78 is 0. The maximum Gasteiger partial charge on any atom is 0.339 e. The van der Waals surface area contributed by atoms with Crippen molar-refractivity contribution in [3.63, 3.8) is 0 Å². The molecule has 0 heterocycles. The summed E-state index contributed by atoms with van der Waals surface area (Å²) in [5.74, 6) is -0.449. The van der Waals surface area contributed by atoms with Gasteiger partial charge >= 0.3 is 5.97 Å². The lowest BCUT2D eigenvalue weighted by molar-refractivity contribution is -0.277. The van der Waals surface area contributed by atoms with Gasteiger partial charge in [0.05, 0.1) is 0 Å². The van der Waals surface area contributed by atoms with E-state index >= 15 is 0 Å². The van der Waals surface area contributed by atoms with Crippen molar-refractivity contribution in [3.8, 4) is 0 Å². The molecule has 3 aromatic carbocycles. The van der Waals surface area contributed by atoms with Crippen molar-refractivity contribution >= 4 is 27.5 Å². The first-order chi connectivity index (χ1) is 9.75. The Labute approximate surface area is 116 Å². The zero-order valence-electron chi connectivity index (χ0n) is 11.1. The summed E-state index contributed by atoms with van der Waals surface area (Å²) in [5.41, 5.74) is 1.03. The summed E-state index contributed by atoms with van der Waals surface area (Å²) in [6.45, 7) is 1.56. The minimum atomic E-state index is -0.449. The Bertz CT molecular complexity index is 723. The number of fused-ring (bicyclic) bond motifs is 2. The van der Waals surface area contributed by atoms with Crippen LogP contribution in [0.15, 0.2) is 54.6 Å². The average Bonchev–Trinajstić information content (AvgIpc) is 2.46. The van der Waals surface area contributed by atoms with Gasteiger partial charge in [0.15, 0.2) is 0 Å². The monoisotopic (exact) mass is 266 g/mol. The van der Waals surface area contributed by atoms with Crippen molar-refractivity contribution in [2.24, 2.45) is 0 Å². The van der Waals surface area contributed by atoms with Crippen LogP contribution in [-0.4, -0.2) is 5.97 Å². The van der Waals surface area contributed by atoms with Gasteiger partial charge in [0, 0.05) is 6.92 Å². The fourth-order valence-electron chi connectivity index (χ4n) is 2.43. The summed E-state index contributed by atoms with van der Waals surface area (Å²) >= 11 is 0. The fourth-order valence-corrected chi connectivity index (χ4v) is 2.43. The quantitative estimate of drug-likeness (QED) is 0.408. The van der Waals surface area contributed by atoms with Crippen molar-refractivity contribution in [1.82, 2.24) is 0 Å². The summed E-state index contributed by atoms with van der Waals surface area (Å²) in [6, 6.07) is 18.4. The van der Waals surface area contributed by atoms with Crippen LogP contribution in [0.5, 0.6) is 0 Å². The Morgan fingerprint density at radius 1 is 0.950 bits per heavy atom. The smallest absolute Gasteiger partial charge is 0.298 e. The summed E-state index contributed by atoms with van der Waals surface area (Å²) in [7, 11) is 0. The molecule has 0 atom stereocenters. The topological polar surface area (TPSA) is 35.5 Å². The highest BCUT2D eigenvalue weighted by molar-refractivity contribution is 6.02. The molecule has 0 saturated heterocycles. The van der Waals surface area contributed by atoms with Crippen LogP contribution in [0.25, 0.3) is 21.5 Å². The molecule has 100 valence electrons. The third-order valence-electron chi connectivity index (χ3n) is 3.26. The standard InChI is InChI=1S/C17H14O3/c1-12(18)20-19-11-17-15-8-4-2-6-13(15)10-14-7-3-5-9-16(14)17/h2-10H,11H2,1H3. The molecule has 0 aromatic heterocycles. The van der Waals surface area contributed by atoms with E-state index in [0.29, 0.717) is 0 Å². The van der Waals surface area contributed by atoms with Crippen LogP contribution in [0.3, 0.4) is 0 Å². The molecule has 3 heteroatoms. The zero-order chi connectivity index (χ0) is 13.9. The van der Waals surface area contributed by atoms with Crippen LogP contribution in [0.4, 0.5) is 0 Å². The van der Waals surface area contributed by atoms with Gasteiger partial charge in [0.25, 0.3) is 0 Å². The Hall–Kier alpha value is -2.39. The Morgan fingerprint density at radius 3 is 2.05 bits per heavy atom. The van der Waals surface area contributed by atoms with Gasteiger partial charge in [-0.05, 0) is 33.2 Å². The van der Waals surface area contributed by atoms with Gasteiger partial charge in [-0.1, -0.05) is 48.5 Å². The largest absolute Gasteiger partial charge is 0.339 e. The maximum absolute atomic E-state index is 10.8. The van der Waals surface area contributed by atoms with Crippen molar-refractivity contribution in [2.75, 3.05) is 0 Å². The lowest BCUT2D eigenvalue weighted by Gasteiger charge is -2.11. The van der Waals surface area contributed by atoms with E-state index in [1.54, 1.807) is 0 Å². The molecule has 0 fully saturated rings. The molecule has 0 N–H and O–H groups in total. The van der Waals surface area contributed by atoms with Crippen LogP contribution in [-0.2, 0) is 21.2 Å². The molecular weight excluding hydrogens is 252 g/mol. The number of hydrogen-bond donors (Lipinski definition) is 0. The Morgan fingerprint density at radius 2 is 1.50 bits per heavy atom.